The van der Waals surface area contributed by atoms with Crippen LogP contribution in [0.3, 0.4) is 0 Å². The maximum atomic E-state index is 12.2. The van der Waals surface area contributed by atoms with E-state index in [1.165, 1.54) is 0 Å². The lowest BCUT2D eigenvalue weighted by Crippen LogP contribution is -2.34. The maximum Gasteiger partial charge on any atom is 0.275 e. The first kappa shape index (κ1) is 12.1. The van der Waals surface area contributed by atoms with Crippen LogP contribution >= 0.6 is 15.9 Å². The first-order chi connectivity index (χ1) is 8.09. The Labute approximate surface area is 107 Å². The molecule has 1 fully saturated rings. The standard InChI is InChI=1S/C10H13BrN4O2/c1-6-8(11)9(14-13-6)10(17)15-4-2-7(16)12-3-5-15/h2-5H2,1H3,(H,12,16)(H,13,14). The van der Waals surface area contributed by atoms with Crippen LogP contribution in [0.25, 0.3) is 0 Å². The van der Waals surface area contributed by atoms with Gasteiger partial charge in [-0.05, 0) is 22.9 Å². The Morgan fingerprint density at radius 3 is 2.88 bits per heavy atom. The number of hydrogen-bond donors (Lipinski definition) is 2. The Kier molecular flexibility index (Phi) is 3.46. The predicted octanol–water partition coefficient (Wildman–Crippen LogP) is 0.443. The van der Waals surface area contributed by atoms with Gasteiger partial charge < -0.3 is 10.2 Å². The molecule has 1 aromatic heterocycles. The highest BCUT2D eigenvalue weighted by Crippen LogP contribution is 2.19. The van der Waals surface area contributed by atoms with E-state index in [9.17, 15) is 9.59 Å². The molecule has 0 aliphatic carbocycles. The van der Waals surface area contributed by atoms with Gasteiger partial charge >= 0.3 is 0 Å². The van der Waals surface area contributed by atoms with Crippen LogP contribution in [0.1, 0.15) is 22.6 Å². The van der Waals surface area contributed by atoms with Crippen molar-refractivity contribution in [2.24, 2.45) is 0 Å². The normalized spacial score (nSPS) is 16.6. The molecule has 0 radical (unpaired) electrons. The number of rotatable bonds is 1. The molecule has 1 aliphatic heterocycles. The van der Waals surface area contributed by atoms with Crippen molar-refractivity contribution in [2.45, 2.75) is 13.3 Å². The van der Waals surface area contributed by atoms with E-state index in [0.29, 0.717) is 36.2 Å². The number of halogens is 1. The second-order valence-electron chi connectivity index (χ2n) is 3.90. The minimum Gasteiger partial charge on any atom is -0.354 e. The minimum absolute atomic E-state index is 0.0161. The van der Waals surface area contributed by atoms with E-state index < -0.39 is 0 Å². The van der Waals surface area contributed by atoms with Gasteiger partial charge in [0.15, 0.2) is 5.69 Å². The van der Waals surface area contributed by atoms with Crippen LogP contribution in [-0.2, 0) is 4.79 Å². The summed E-state index contributed by atoms with van der Waals surface area (Å²) in [6.07, 6.45) is 0.340. The molecule has 92 valence electrons. The SMILES string of the molecule is Cc1[nH]nc(C(=O)N2CCNC(=O)CC2)c1Br. The molecular weight excluding hydrogens is 288 g/mol. The number of carbonyl (C=O) groups is 2. The molecule has 0 bridgehead atoms. The average Bonchev–Trinajstić information content (AvgIpc) is 2.53. The number of carbonyl (C=O) groups excluding carboxylic acids is 2. The largest absolute Gasteiger partial charge is 0.354 e. The summed E-state index contributed by atoms with van der Waals surface area (Å²) in [7, 11) is 0. The van der Waals surface area contributed by atoms with Crippen LogP contribution in [0.4, 0.5) is 0 Å². The molecule has 0 saturated carbocycles. The Balaban J connectivity index is 2.14. The van der Waals surface area contributed by atoms with E-state index in [1.54, 1.807) is 4.90 Å². The third-order valence-electron chi connectivity index (χ3n) is 2.68. The van der Waals surface area contributed by atoms with Gasteiger partial charge in [0, 0.05) is 31.7 Å². The van der Waals surface area contributed by atoms with E-state index in [4.69, 9.17) is 0 Å². The number of aryl methyl sites for hydroxylation is 1. The molecule has 2 amide bonds. The summed E-state index contributed by atoms with van der Waals surface area (Å²) in [6.45, 7) is 3.28. The van der Waals surface area contributed by atoms with Gasteiger partial charge in [0.25, 0.3) is 5.91 Å². The highest BCUT2D eigenvalue weighted by atomic mass is 79.9. The van der Waals surface area contributed by atoms with Gasteiger partial charge in [0.2, 0.25) is 5.91 Å². The molecule has 2 rings (SSSR count). The molecule has 1 saturated heterocycles. The summed E-state index contributed by atoms with van der Waals surface area (Å²) in [5.41, 5.74) is 1.19. The van der Waals surface area contributed by atoms with Crippen molar-refractivity contribution in [3.05, 3.63) is 15.9 Å². The van der Waals surface area contributed by atoms with Gasteiger partial charge in [-0.1, -0.05) is 0 Å². The predicted molar refractivity (Wildman–Crippen MR) is 64.6 cm³/mol. The lowest BCUT2D eigenvalue weighted by Gasteiger charge is -2.18. The molecular formula is C10H13BrN4O2. The van der Waals surface area contributed by atoms with Crippen LogP contribution < -0.4 is 5.32 Å². The van der Waals surface area contributed by atoms with E-state index in [2.05, 4.69) is 31.4 Å². The fourth-order valence-electron chi connectivity index (χ4n) is 1.68. The summed E-state index contributed by atoms with van der Waals surface area (Å²) in [4.78, 5) is 25.0. The summed E-state index contributed by atoms with van der Waals surface area (Å²) >= 11 is 3.32. The first-order valence-corrected chi connectivity index (χ1v) is 6.15. The van der Waals surface area contributed by atoms with E-state index >= 15 is 0 Å². The number of aromatic nitrogens is 2. The Morgan fingerprint density at radius 1 is 1.47 bits per heavy atom. The molecule has 2 heterocycles. The van der Waals surface area contributed by atoms with Gasteiger partial charge in [-0.3, -0.25) is 14.7 Å². The highest BCUT2D eigenvalue weighted by Gasteiger charge is 2.24. The molecule has 0 atom stereocenters. The summed E-state index contributed by atoms with van der Waals surface area (Å²) in [5, 5.41) is 9.45. The highest BCUT2D eigenvalue weighted by molar-refractivity contribution is 9.10. The second-order valence-corrected chi connectivity index (χ2v) is 4.70. The third kappa shape index (κ3) is 2.49. The quantitative estimate of drug-likeness (QED) is 0.790. The number of nitrogens with one attached hydrogen (secondary N) is 2. The van der Waals surface area contributed by atoms with Crippen LogP contribution in [0, 0.1) is 6.92 Å². The topological polar surface area (TPSA) is 78.1 Å². The van der Waals surface area contributed by atoms with Gasteiger partial charge in [-0.25, -0.2) is 0 Å². The van der Waals surface area contributed by atoms with Crippen molar-refractivity contribution in [1.29, 1.82) is 0 Å². The van der Waals surface area contributed by atoms with E-state index in [0.717, 1.165) is 5.69 Å². The van der Waals surface area contributed by atoms with Crippen molar-refractivity contribution in [2.75, 3.05) is 19.6 Å². The number of nitrogens with zero attached hydrogens (tertiary/aromatic N) is 2. The smallest absolute Gasteiger partial charge is 0.275 e. The van der Waals surface area contributed by atoms with Crippen LogP contribution in [0.5, 0.6) is 0 Å². The average molecular weight is 301 g/mol. The number of hydrogen-bond acceptors (Lipinski definition) is 3. The summed E-state index contributed by atoms with van der Waals surface area (Å²) < 4.78 is 0.686. The lowest BCUT2D eigenvalue weighted by atomic mass is 10.3. The van der Waals surface area contributed by atoms with Crippen LogP contribution in [0.15, 0.2) is 4.47 Å². The molecule has 0 unspecified atom stereocenters. The molecule has 0 spiro atoms. The van der Waals surface area contributed by atoms with Gasteiger partial charge in [0.05, 0.1) is 4.47 Å². The van der Waals surface area contributed by atoms with Gasteiger partial charge in [-0.15, -0.1) is 0 Å². The monoisotopic (exact) mass is 300 g/mol. The molecule has 6 nitrogen and oxygen atoms in total. The van der Waals surface area contributed by atoms with Crippen LogP contribution in [-0.4, -0.2) is 46.5 Å². The lowest BCUT2D eigenvalue weighted by molar-refractivity contribution is -0.120. The molecule has 2 N–H and O–H groups in total. The third-order valence-corrected chi connectivity index (χ3v) is 3.65. The molecule has 7 heteroatoms. The Bertz CT molecular complexity index is 457. The zero-order chi connectivity index (χ0) is 12.4. The van der Waals surface area contributed by atoms with E-state index in [1.807, 2.05) is 6.92 Å². The Morgan fingerprint density at radius 2 is 2.24 bits per heavy atom. The second kappa shape index (κ2) is 4.87. The minimum atomic E-state index is -0.155. The summed E-state index contributed by atoms with van der Waals surface area (Å²) in [5.74, 6) is -0.171. The van der Waals surface area contributed by atoms with Crippen molar-refractivity contribution < 1.29 is 9.59 Å². The van der Waals surface area contributed by atoms with Crippen LogP contribution in [0.2, 0.25) is 0 Å². The number of amides is 2. The number of H-pyrrole nitrogens is 1. The van der Waals surface area contributed by atoms with Crippen molar-refractivity contribution >= 4 is 27.7 Å². The van der Waals surface area contributed by atoms with E-state index in [-0.39, 0.29) is 11.8 Å². The molecule has 1 aliphatic rings. The molecule has 1 aromatic rings. The van der Waals surface area contributed by atoms with Crippen molar-refractivity contribution in [3.8, 4) is 0 Å². The van der Waals surface area contributed by atoms with Gasteiger partial charge in [0.1, 0.15) is 0 Å². The maximum absolute atomic E-state index is 12.2. The zero-order valence-corrected chi connectivity index (χ0v) is 11.0. The summed E-state index contributed by atoms with van der Waals surface area (Å²) in [6, 6.07) is 0. The van der Waals surface area contributed by atoms with Gasteiger partial charge in [-0.2, -0.15) is 5.10 Å². The number of aromatic amines is 1. The fourth-order valence-corrected chi connectivity index (χ4v) is 2.02. The Hall–Kier alpha value is -1.37. The fraction of sp³-hybridized carbons (Fsp3) is 0.500. The molecule has 0 aromatic carbocycles. The first-order valence-electron chi connectivity index (χ1n) is 5.36. The molecule has 17 heavy (non-hydrogen) atoms. The van der Waals surface area contributed by atoms with Crippen molar-refractivity contribution in [3.63, 3.8) is 0 Å². The van der Waals surface area contributed by atoms with Crippen molar-refractivity contribution in [1.82, 2.24) is 20.4 Å². The zero-order valence-electron chi connectivity index (χ0n) is 9.42.